The highest BCUT2D eigenvalue weighted by atomic mass is 16.3. The van der Waals surface area contributed by atoms with E-state index in [1.165, 1.54) is 0 Å². The molecule has 6 heteroatoms. The Bertz CT molecular complexity index is 3380. The Morgan fingerprint density at radius 3 is 1.71 bits per heavy atom. The zero-order valence-electron chi connectivity index (χ0n) is 31.7. The van der Waals surface area contributed by atoms with Crippen molar-refractivity contribution < 1.29 is 15.7 Å². The van der Waals surface area contributed by atoms with Crippen molar-refractivity contribution in [1.82, 2.24) is 19.5 Å². The van der Waals surface area contributed by atoms with Gasteiger partial charge in [0.25, 0.3) is 0 Å². The second-order valence-corrected chi connectivity index (χ2v) is 12.4. The summed E-state index contributed by atoms with van der Waals surface area (Å²) in [5.41, 5.74) is 6.49. The van der Waals surface area contributed by atoms with Crippen LogP contribution in [0.15, 0.2) is 166 Å². The molecule has 4 heterocycles. The molecule has 11 aromatic rings. The Balaban J connectivity index is 1.20. The highest BCUT2D eigenvalue weighted by molar-refractivity contribution is 6.16. The van der Waals surface area contributed by atoms with Crippen LogP contribution in [0.2, 0.25) is 0 Å². The Kier molecular flexibility index (Phi) is 4.91. The van der Waals surface area contributed by atoms with Crippen LogP contribution in [-0.2, 0) is 0 Å². The lowest BCUT2D eigenvalue weighted by Crippen LogP contribution is -2.00. The average Bonchev–Trinajstić information content (AvgIpc) is 3.92. The van der Waals surface area contributed by atoms with Crippen LogP contribution < -0.4 is 0 Å². The second kappa shape index (κ2) is 10.7. The molecule has 238 valence electrons. The molecule has 0 aliphatic carbocycles. The molecule has 7 aromatic carbocycles. The number of aromatic nitrogens is 4. The molecule has 0 radical (unpaired) electrons. The molecular formula is C45H26N4O2. The lowest BCUT2D eigenvalue weighted by Gasteiger charge is -2.10. The molecule has 0 atom stereocenters. The minimum Gasteiger partial charge on any atom is -0.455 e. The molecule has 0 amide bonds. The zero-order valence-corrected chi connectivity index (χ0v) is 26.7. The van der Waals surface area contributed by atoms with Crippen LogP contribution >= 0.6 is 0 Å². The third-order valence-corrected chi connectivity index (χ3v) is 9.57. The van der Waals surface area contributed by atoms with Crippen molar-refractivity contribution in [3.63, 3.8) is 0 Å². The average molecular weight is 660 g/mol. The highest BCUT2D eigenvalue weighted by Gasteiger charge is 2.22. The zero-order chi connectivity index (χ0) is 37.8. The van der Waals surface area contributed by atoms with E-state index in [0.717, 1.165) is 49.0 Å². The fourth-order valence-corrected chi connectivity index (χ4v) is 7.39. The van der Waals surface area contributed by atoms with E-state index < -0.39 is 30.2 Å². The van der Waals surface area contributed by atoms with Gasteiger partial charge in [-0.2, -0.15) is 0 Å². The number of rotatable bonds is 4. The summed E-state index contributed by atoms with van der Waals surface area (Å²) in [6.45, 7) is 0. The number of furan rings is 2. The number of benzene rings is 7. The lowest BCUT2D eigenvalue weighted by molar-refractivity contribution is 0.669. The van der Waals surface area contributed by atoms with Gasteiger partial charge in [0.1, 0.15) is 22.3 Å². The van der Waals surface area contributed by atoms with E-state index in [9.17, 15) is 0 Å². The normalized spacial score (nSPS) is 13.3. The predicted octanol–water partition coefficient (Wildman–Crippen LogP) is 11.8. The van der Waals surface area contributed by atoms with Gasteiger partial charge in [-0.1, -0.05) is 115 Å². The molecule has 51 heavy (non-hydrogen) atoms. The monoisotopic (exact) mass is 659 g/mol. The van der Waals surface area contributed by atoms with E-state index in [1.807, 2.05) is 84.9 Å². The van der Waals surface area contributed by atoms with E-state index in [2.05, 4.69) is 47.0 Å². The van der Waals surface area contributed by atoms with Crippen molar-refractivity contribution >= 4 is 65.7 Å². The number of hydrogen-bond donors (Lipinski definition) is 0. The van der Waals surface area contributed by atoms with E-state index in [-0.39, 0.29) is 23.0 Å². The summed E-state index contributed by atoms with van der Waals surface area (Å²) >= 11 is 0. The third-order valence-electron chi connectivity index (χ3n) is 9.57. The maximum Gasteiger partial charge on any atom is 0.167 e. The van der Waals surface area contributed by atoms with Gasteiger partial charge in [0, 0.05) is 32.5 Å². The lowest BCUT2D eigenvalue weighted by atomic mass is 10.1. The van der Waals surface area contributed by atoms with E-state index in [1.54, 1.807) is 0 Å². The van der Waals surface area contributed by atoms with Gasteiger partial charge in [-0.25, -0.2) is 15.0 Å². The molecule has 0 aliphatic rings. The largest absolute Gasteiger partial charge is 0.455 e. The number of nitrogens with zero attached hydrogens (tertiary/aromatic N) is 4. The van der Waals surface area contributed by atoms with Gasteiger partial charge in [-0.15, -0.1) is 0 Å². The van der Waals surface area contributed by atoms with Gasteiger partial charge in [-0.05, 0) is 42.5 Å². The number of hydrogen-bond acceptors (Lipinski definition) is 5. The summed E-state index contributed by atoms with van der Waals surface area (Å²) in [4.78, 5) is 14.7. The maximum atomic E-state index is 8.83. The first-order valence-corrected chi connectivity index (χ1v) is 16.5. The number of para-hydroxylation sites is 5. The van der Waals surface area contributed by atoms with Crippen LogP contribution in [0, 0.1) is 0 Å². The first-order valence-electron chi connectivity index (χ1n) is 19.0. The Morgan fingerprint density at radius 1 is 0.451 bits per heavy atom. The summed E-state index contributed by atoms with van der Waals surface area (Å²) in [6.07, 6.45) is 0. The second-order valence-electron chi connectivity index (χ2n) is 12.4. The molecule has 6 nitrogen and oxygen atoms in total. The molecule has 0 N–H and O–H groups in total. The molecule has 0 fully saturated rings. The molecule has 0 unspecified atom stereocenters. The van der Waals surface area contributed by atoms with Crippen LogP contribution in [0.4, 0.5) is 0 Å². The number of fused-ring (bicyclic) bond motifs is 9. The minimum atomic E-state index is -0.503. The summed E-state index contributed by atoms with van der Waals surface area (Å²) in [7, 11) is 0. The SMILES string of the molecule is [2H]c1c([2H])c([2H])c(-c2nc(-c3cccc4c3oc3ccccc34)nc(-c3cccc4c3oc3cccc(-n5c6ccccc6c6ccccc65)c34)n2)c([2H])c1[2H]. The van der Waals surface area contributed by atoms with Gasteiger partial charge in [0.2, 0.25) is 0 Å². The summed E-state index contributed by atoms with van der Waals surface area (Å²) < 4.78 is 58.1. The van der Waals surface area contributed by atoms with Crippen molar-refractivity contribution in [3.8, 4) is 39.9 Å². The molecule has 0 bridgehead atoms. The summed E-state index contributed by atoms with van der Waals surface area (Å²) in [5, 5.41) is 5.82. The van der Waals surface area contributed by atoms with Crippen molar-refractivity contribution in [2.45, 2.75) is 0 Å². The van der Waals surface area contributed by atoms with Gasteiger partial charge in [0.05, 0.1) is 40.1 Å². The molecule has 0 aliphatic heterocycles. The molecule has 0 saturated carbocycles. The van der Waals surface area contributed by atoms with Crippen LogP contribution in [0.25, 0.3) is 106 Å². The molecule has 0 saturated heterocycles. The molecule has 11 rings (SSSR count). The molecular weight excluding hydrogens is 629 g/mol. The van der Waals surface area contributed by atoms with Crippen LogP contribution in [0.5, 0.6) is 0 Å². The van der Waals surface area contributed by atoms with Crippen molar-refractivity contribution in [1.29, 1.82) is 0 Å². The van der Waals surface area contributed by atoms with Crippen molar-refractivity contribution in [3.05, 3.63) is 158 Å². The van der Waals surface area contributed by atoms with E-state index >= 15 is 0 Å². The molecule has 4 aromatic heterocycles. The van der Waals surface area contributed by atoms with Gasteiger partial charge < -0.3 is 13.4 Å². The first-order chi connectivity index (χ1) is 27.4. The van der Waals surface area contributed by atoms with Crippen LogP contribution in [-0.4, -0.2) is 19.5 Å². The van der Waals surface area contributed by atoms with E-state index in [0.29, 0.717) is 33.5 Å². The Labute approximate surface area is 297 Å². The summed E-state index contributed by atoms with van der Waals surface area (Å²) in [5.74, 6) is 0.336. The first kappa shape index (κ1) is 23.3. The fourth-order valence-electron chi connectivity index (χ4n) is 7.39. The minimum absolute atomic E-state index is 0.0748. The summed E-state index contributed by atoms with van der Waals surface area (Å²) in [6, 6.07) is 39.6. The maximum absolute atomic E-state index is 8.83. The molecule has 0 spiro atoms. The van der Waals surface area contributed by atoms with Crippen molar-refractivity contribution in [2.24, 2.45) is 0 Å². The standard InChI is InChI=1S/C45H26N4O2/c1-2-13-27(14-3-1)43-46-44(33-20-10-18-31-30-17-6-9-25-38(30)50-41(31)33)48-45(47-43)34-21-11-19-32-40-37(24-12-26-39(40)51-42(32)34)49-35-22-7-4-15-28(35)29-16-5-8-23-36(29)49/h1-26H/i1D,2D,3D,13D,14D. The highest BCUT2D eigenvalue weighted by Crippen LogP contribution is 2.42. The van der Waals surface area contributed by atoms with E-state index in [4.69, 9.17) is 30.6 Å². The fraction of sp³-hybridized carbons (Fsp3) is 0. The third kappa shape index (κ3) is 4.14. The van der Waals surface area contributed by atoms with Crippen LogP contribution in [0.1, 0.15) is 6.85 Å². The Hall–Kier alpha value is -7.05. The van der Waals surface area contributed by atoms with Gasteiger partial charge in [-0.3, -0.25) is 0 Å². The Morgan fingerprint density at radius 2 is 0.980 bits per heavy atom. The van der Waals surface area contributed by atoms with Crippen LogP contribution in [0.3, 0.4) is 0 Å². The topological polar surface area (TPSA) is 69.9 Å². The predicted molar refractivity (Wildman–Crippen MR) is 205 cm³/mol. The van der Waals surface area contributed by atoms with Gasteiger partial charge >= 0.3 is 0 Å². The van der Waals surface area contributed by atoms with Crippen molar-refractivity contribution in [2.75, 3.05) is 0 Å². The quantitative estimate of drug-likeness (QED) is 0.188. The smallest absolute Gasteiger partial charge is 0.167 e. The van der Waals surface area contributed by atoms with Gasteiger partial charge in [0.15, 0.2) is 17.5 Å².